The number of fused-ring (bicyclic) bond motifs is 5. The van der Waals surface area contributed by atoms with Crippen molar-refractivity contribution in [1.29, 1.82) is 0 Å². The van der Waals surface area contributed by atoms with Crippen LogP contribution >= 0.6 is 0 Å². The maximum atomic E-state index is 15.6. The summed E-state index contributed by atoms with van der Waals surface area (Å²) in [4.78, 5) is 50.5. The summed E-state index contributed by atoms with van der Waals surface area (Å²) in [6.07, 6.45) is -0.900. The van der Waals surface area contributed by atoms with Crippen LogP contribution in [0.3, 0.4) is 0 Å². The molecule has 3 amide bonds. The van der Waals surface area contributed by atoms with Gasteiger partial charge in [-0.1, -0.05) is 104 Å². The first-order valence-electron chi connectivity index (χ1n) is 15.8. The molecule has 4 aromatic rings. The maximum Gasteiger partial charge on any atom is 0.412 e. The molecule has 0 aromatic heterocycles. The number of anilines is 2. The molecule has 3 atom stereocenters. The third kappa shape index (κ3) is 4.20. The van der Waals surface area contributed by atoms with Crippen LogP contribution in [0.5, 0.6) is 0 Å². The summed E-state index contributed by atoms with van der Waals surface area (Å²) in [6, 6.07) is 34.7. The van der Waals surface area contributed by atoms with Gasteiger partial charge < -0.3 is 14.5 Å². The number of hydrogen-bond acceptors (Lipinski definition) is 5. The van der Waals surface area contributed by atoms with Crippen LogP contribution in [-0.4, -0.2) is 34.6 Å². The van der Waals surface area contributed by atoms with Crippen LogP contribution in [0, 0.1) is 0 Å². The van der Waals surface area contributed by atoms with Crippen molar-refractivity contribution in [2.75, 3.05) is 9.80 Å². The molecule has 0 bridgehead atoms. The van der Waals surface area contributed by atoms with E-state index in [2.05, 4.69) is 5.32 Å². The van der Waals surface area contributed by atoms with Crippen LogP contribution in [0.15, 0.2) is 109 Å². The second kappa shape index (κ2) is 10.8. The van der Waals surface area contributed by atoms with Gasteiger partial charge in [-0.2, -0.15) is 0 Å². The molecule has 8 heteroatoms. The molecule has 46 heavy (non-hydrogen) atoms. The van der Waals surface area contributed by atoms with Gasteiger partial charge in [0.2, 0.25) is 0 Å². The normalized spacial score (nSPS) is 23.4. The lowest BCUT2D eigenvalue weighted by molar-refractivity contribution is -0.140. The predicted octanol–water partition coefficient (Wildman–Crippen LogP) is 6.45. The third-order valence-electron chi connectivity index (χ3n) is 9.25. The minimum absolute atomic E-state index is 0.275. The summed E-state index contributed by atoms with van der Waals surface area (Å²) in [7, 11) is 0. The summed E-state index contributed by atoms with van der Waals surface area (Å²) in [5.41, 5.74) is 0.255. The largest absolute Gasteiger partial charge is 0.444 e. The zero-order chi connectivity index (χ0) is 32.3. The van der Waals surface area contributed by atoms with Gasteiger partial charge in [-0.25, -0.2) is 4.79 Å². The van der Waals surface area contributed by atoms with Crippen molar-refractivity contribution < 1.29 is 19.1 Å². The Balaban J connectivity index is 1.51. The van der Waals surface area contributed by atoms with Crippen LogP contribution in [0.4, 0.5) is 16.2 Å². The van der Waals surface area contributed by atoms with Gasteiger partial charge in [0.25, 0.3) is 11.8 Å². The van der Waals surface area contributed by atoms with Gasteiger partial charge in [-0.05, 0) is 50.5 Å². The van der Waals surface area contributed by atoms with Crippen molar-refractivity contribution in [3.8, 4) is 0 Å². The Labute approximate surface area is 269 Å². The van der Waals surface area contributed by atoms with Crippen molar-refractivity contribution in [2.24, 2.45) is 0 Å². The lowest BCUT2D eigenvalue weighted by Gasteiger charge is -2.43. The molecule has 8 nitrogen and oxygen atoms in total. The van der Waals surface area contributed by atoms with Crippen molar-refractivity contribution in [1.82, 2.24) is 10.2 Å². The van der Waals surface area contributed by atoms with E-state index in [0.29, 0.717) is 35.5 Å². The van der Waals surface area contributed by atoms with Gasteiger partial charge in [0.1, 0.15) is 5.60 Å². The topological polar surface area (TPSA) is 82.2 Å². The number of para-hydroxylation sites is 2. The molecule has 0 radical (unpaired) electrons. The molecule has 1 saturated heterocycles. The highest BCUT2D eigenvalue weighted by Gasteiger charge is 2.79. The van der Waals surface area contributed by atoms with E-state index in [4.69, 9.17) is 4.74 Å². The number of amides is 3. The van der Waals surface area contributed by atoms with Gasteiger partial charge in [-0.3, -0.25) is 19.8 Å². The van der Waals surface area contributed by atoms with E-state index in [0.717, 1.165) is 11.1 Å². The standard InChI is InChI=1S/C38H38N4O4/c1-5-32-39-37(28-20-12-14-22-30(28)40(33(37)43)24-26-16-8-6-9-17-26)38(42(32)35(45)46-36(2,3)4)29-21-13-15-23-31(29)41(34(38)44)25-27-18-10-7-11-19-27/h6-23,32,39H,5,24-25H2,1-4H3. The summed E-state index contributed by atoms with van der Waals surface area (Å²) < 4.78 is 6.06. The zero-order valence-electron chi connectivity index (χ0n) is 26.6. The zero-order valence-corrected chi connectivity index (χ0v) is 26.6. The van der Waals surface area contributed by atoms with Gasteiger partial charge in [0, 0.05) is 16.8 Å². The minimum Gasteiger partial charge on any atom is -0.444 e. The molecule has 3 heterocycles. The number of carbonyl (C=O) groups is 3. The Hall–Kier alpha value is -4.95. The molecule has 0 saturated carbocycles. The summed E-state index contributed by atoms with van der Waals surface area (Å²) in [5, 5.41) is 3.63. The van der Waals surface area contributed by atoms with Crippen LogP contribution in [0.25, 0.3) is 0 Å². The SMILES string of the molecule is CCC1NC2(C(=O)N(Cc3ccccc3)c3ccccc32)C2(C(=O)N(Cc3ccccc3)c3ccccc32)N1C(=O)OC(C)(C)C. The average Bonchev–Trinajstić information content (AvgIpc) is 3.59. The number of rotatable bonds is 5. The Kier molecular flexibility index (Phi) is 7.01. The van der Waals surface area contributed by atoms with E-state index in [1.54, 1.807) is 9.80 Å². The second-order valence-electron chi connectivity index (χ2n) is 13.2. The third-order valence-corrected chi connectivity index (χ3v) is 9.25. The monoisotopic (exact) mass is 614 g/mol. The molecular weight excluding hydrogens is 576 g/mol. The van der Waals surface area contributed by atoms with E-state index in [1.807, 2.05) is 137 Å². The fourth-order valence-electron chi connectivity index (χ4n) is 7.51. The second-order valence-corrected chi connectivity index (χ2v) is 13.2. The van der Waals surface area contributed by atoms with Crippen LogP contribution in [0.1, 0.15) is 56.4 Å². The Morgan fingerprint density at radius 1 is 0.717 bits per heavy atom. The highest BCUT2D eigenvalue weighted by atomic mass is 16.6. The molecule has 2 spiro atoms. The first-order chi connectivity index (χ1) is 22.1. The average molecular weight is 615 g/mol. The van der Waals surface area contributed by atoms with Gasteiger partial charge in [0.15, 0.2) is 11.1 Å². The number of benzene rings is 4. The summed E-state index contributed by atoms with van der Waals surface area (Å²) in [6.45, 7) is 7.95. The maximum absolute atomic E-state index is 15.6. The van der Waals surface area contributed by atoms with E-state index < -0.39 is 28.9 Å². The molecular formula is C38H38N4O4. The molecule has 3 aliphatic heterocycles. The fraction of sp³-hybridized carbons (Fsp3) is 0.289. The van der Waals surface area contributed by atoms with Crippen molar-refractivity contribution in [3.63, 3.8) is 0 Å². The van der Waals surface area contributed by atoms with Gasteiger partial charge in [-0.15, -0.1) is 0 Å². The molecule has 1 fully saturated rings. The molecule has 0 aliphatic carbocycles. The summed E-state index contributed by atoms with van der Waals surface area (Å²) >= 11 is 0. The smallest absolute Gasteiger partial charge is 0.412 e. The Morgan fingerprint density at radius 2 is 1.20 bits per heavy atom. The van der Waals surface area contributed by atoms with Crippen molar-refractivity contribution in [3.05, 3.63) is 131 Å². The first kappa shape index (κ1) is 29.7. The van der Waals surface area contributed by atoms with Crippen LogP contribution in [-0.2, 0) is 38.5 Å². The molecule has 234 valence electrons. The van der Waals surface area contributed by atoms with Crippen LogP contribution < -0.4 is 15.1 Å². The Morgan fingerprint density at radius 3 is 1.74 bits per heavy atom. The molecule has 1 N–H and O–H groups in total. The highest BCUT2D eigenvalue weighted by Crippen LogP contribution is 2.62. The van der Waals surface area contributed by atoms with E-state index in [1.165, 1.54) is 4.90 Å². The number of nitrogens with zero attached hydrogens (tertiary/aromatic N) is 3. The van der Waals surface area contributed by atoms with E-state index >= 15 is 9.59 Å². The van der Waals surface area contributed by atoms with Crippen LogP contribution in [0.2, 0.25) is 0 Å². The fourth-order valence-corrected chi connectivity index (χ4v) is 7.51. The van der Waals surface area contributed by atoms with Gasteiger partial charge >= 0.3 is 6.09 Å². The molecule has 3 aliphatic rings. The lowest BCUT2D eigenvalue weighted by Crippen LogP contribution is -2.66. The predicted molar refractivity (Wildman–Crippen MR) is 177 cm³/mol. The number of nitrogens with one attached hydrogen (secondary N) is 1. The van der Waals surface area contributed by atoms with Crippen molar-refractivity contribution in [2.45, 2.75) is 70.0 Å². The quantitative estimate of drug-likeness (QED) is 0.280. The lowest BCUT2D eigenvalue weighted by atomic mass is 9.69. The van der Waals surface area contributed by atoms with Gasteiger partial charge in [0.05, 0.1) is 24.9 Å². The number of hydrogen-bond donors (Lipinski definition) is 1. The Bertz CT molecular complexity index is 1820. The first-order valence-corrected chi connectivity index (χ1v) is 15.8. The number of carbonyl (C=O) groups excluding carboxylic acids is 3. The van der Waals surface area contributed by atoms with Crippen molar-refractivity contribution >= 4 is 29.3 Å². The molecule has 4 aromatic carbocycles. The summed E-state index contributed by atoms with van der Waals surface area (Å²) in [5.74, 6) is -0.636. The van der Waals surface area contributed by atoms with E-state index in [-0.39, 0.29) is 18.4 Å². The van der Waals surface area contributed by atoms with E-state index in [9.17, 15) is 4.79 Å². The minimum atomic E-state index is -1.78. The number of ether oxygens (including phenoxy) is 1. The molecule has 7 rings (SSSR count). The molecule has 3 unspecified atom stereocenters. The highest BCUT2D eigenvalue weighted by molar-refractivity contribution is 6.19.